The predicted molar refractivity (Wildman–Crippen MR) is 127 cm³/mol. The standard InChI is InChI=1S/C23H31N5O4S/c1-2-32-20-9-8-19(17-21(20)33(30,31)28-11-5-6-12-28)25-23(29)18-26-13-15-27(16-14-26)22-7-3-4-10-24-22/h3-4,7-10,17H,2,5-6,11-16,18H2,1H3,(H,25,29). The first-order valence-electron chi connectivity index (χ1n) is 11.4. The molecule has 1 N–H and O–H groups in total. The van der Waals surface area contributed by atoms with Crippen molar-refractivity contribution in [1.82, 2.24) is 14.2 Å². The summed E-state index contributed by atoms with van der Waals surface area (Å²) in [4.78, 5) is 21.5. The first-order valence-corrected chi connectivity index (χ1v) is 12.9. The lowest BCUT2D eigenvalue weighted by Crippen LogP contribution is -2.48. The summed E-state index contributed by atoms with van der Waals surface area (Å²) in [5.41, 5.74) is 0.452. The van der Waals surface area contributed by atoms with E-state index in [0.29, 0.717) is 31.1 Å². The predicted octanol–water partition coefficient (Wildman–Crippen LogP) is 2.03. The van der Waals surface area contributed by atoms with Crippen molar-refractivity contribution in [3.05, 3.63) is 42.6 Å². The third-order valence-corrected chi connectivity index (χ3v) is 7.84. The lowest BCUT2D eigenvalue weighted by Gasteiger charge is -2.34. The smallest absolute Gasteiger partial charge is 0.246 e. The molecule has 1 aromatic carbocycles. The van der Waals surface area contributed by atoms with E-state index in [0.717, 1.165) is 44.8 Å². The van der Waals surface area contributed by atoms with Gasteiger partial charge in [-0.3, -0.25) is 9.69 Å². The third kappa shape index (κ3) is 5.63. The van der Waals surface area contributed by atoms with Crippen molar-refractivity contribution in [2.24, 2.45) is 0 Å². The Labute approximate surface area is 195 Å². The molecule has 0 radical (unpaired) electrons. The fourth-order valence-corrected chi connectivity index (χ4v) is 5.88. The van der Waals surface area contributed by atoms with E-state index in [9.17, 15) is 13.2 Å². The number of nitrogens with one attached hydrogen (secondary N) is 1. The average molecular weight is 474 g/mol. The lowest BCUT2D eigenvalue weighted by molar-refractivity contribution is -0.117. The molecule has 0 unspecified atom stereocenters. The van der Waals surface area contributed by atoms with Crippen molar-refractivity contribution in [1.29, 1.82) is 0 Å². The third-order valence-electron chi connectivity index (χ3n) is 5.92. The van der Waals surface area contributed by atoms with Gasteiger partial charge in [0.05, 0.1) is 13.2 Å². The highest BCUT2D eigenvalue weighted by Crippen LogP contribution is 2.31. The van der Waals surface area contributed by atoms with Crippen LogP contribution in [-0.4, -0.2) is 80.9 Å². The van der Waals surface area contributed by atoms with E-state index in [2.05, 4.69) is 20.1 Å². The van der Waals surface area contributed by atoms with Crippen LogP contribution in [0.1, 0.15) is 19.8 Å². The zero-order valence-corrected chi connectivity index (χ0v) is 19.8. The molecule has 0 atom stereocenters. The Balaban J connectivity index is 1.39. The molecule has 0 saturated carbocycles. The van der Waals surface area contributed by atoms with Gasteiger partial charge in [0.25, 0.3) is 0 Å². The number of carbonyl (C=O) groups excluding carboxylic acids is 1. The topological polar surface area (TPSA) is 95.1 Å². The molecule has 1 amide bonds. The summed E-state index contributed by atoms with van der Waals surface area (Å²) >= 11 is 0. The van der Waals surface area contributed by atoms with E-state index < -0.39 is 10.0 Å². The van der Waals surface area contributed by atoms with E-state index in [4.69, 9.17) is 4.74 Å². The number of amides is 1. The van der Waals surface area contributed by atoms with Crippen molar-refractivity contribution >= 4 is 27.4 Å². The minimum atomic E-state index is -3.67. The highest BCUT2D eigenvalue weighted by molar-refractivity contribution is 7.89. The second kappa shape index (κ2) is 10.5. The second-order valence-electron chi connectivity index (χ2n) is 8.21. The number of hydrogen-bond acceptors (Lipinski definition) is 7. The molecule has 9 nitrogen and oxygen atoms in total. The first kappa shape index (κ1) is 23.5. The Morgan fingerprint density at radius 3 is 2.48 bits per heavy atom. The largest absolute Gasteiger partial charge is 0.492 e. The molecule has 2 aliphatic heterocycles. The van der Waals surface area contributed by atoms with Crippen LogP contribution >= 0.6 is 0 Å². The SMILES string of the molecule is CCOc1ccc(NC(=O)CN2CCN(c3ccccn3)CC2)cc1S(=O)(=O)N1CCCC1. The number of nitrogens with zero attached hydrogens (tertiary/aromatic N) is 4. The molecule has 2 aliphatic rings. The van der Waals surface area contributed by atoms with Gasteiger partial charge in [0.1, 0.15) is 16.5 Å². The summed E-state index contributed by atoms with van der Waals surface area (Å²) in [5.74, 6) is 1.09. The summed E-state index contributed by atoms with van der Waals surface area (Å²) in [7, 11) is -3.67. The quantitative estimate of drug-likeness (QED) is 0.627. The molecule has 3 heterocycles. The van der Waals surface area contributed by atoms with Gasteiger partial charge in [-0.15, -0.1) is 0 Å². The van der Waals surface area contributed by atoms with E-state index in [1.54, 1.807) is 18.3 Å². The molecule has 10 heteroatoms. The van der Waals surface area contributed by atoms with Crippen LogP contribution in [0.5, 0.6) is 5.75 Å². The summed E-state index contributed by atoms with van der Waals surface area (Å²) in [6.07, 6.45) is 3.49. The van der Waals surface area contributed by atoms with Crippen LogP contribution in [-0.2, 0) is 14.8 Å². The second-order valence-corrected chi connectivity index (χ2v) is 10.1. The van der Waals surface area contributed by atoms with E-state index in [1.165, 1.54) is 10.4 Å². The Morgan fingerprint density at radius 1 is 1.06 bits per heavy atom. The fourth-order valence-electron chi connectivity index (χ4n) is 4.21. The highest BCUT2D eigenvalue weighted by Gasteiger charge is 2.30. The minimum Gasteiger partial charge on any atom is -0.492 e. The number of aromatic nitrogens is 1. The van der Waals surface area contributed by atoms with Crippen LogP contribution in [0.3, 0.4) is 0 Å². The van der Waals surface area contributed by atoms with Gasteiger partial charge in [-0.2, -0.15) is 4.31 Å². The van der Waals surface area contributed by atoms with Gasteiger partial charge < -0.3 is 15.0 Å². The van der Waals surface area contributed by atoms with Crippen LogP contribution < -0.4 is 15.0 Å². The van der Waals surface area contributed by atoms with Gasteiger partial charge in [0.15, 0.2) is 0 Å². The number of sulfonamides is 1. The Bertz CT molecular complexity index is 1050. The number of ether oxygens (including phenoxy) is 1. The van der Waals surface area contributed by atoms with E-state index in [-0.39, 0.29) is 17.3 Å². The van der Waals surface area contributed by atoms with Crippen LogP contribution in [0.25, 0.3) is 0 Å². The molecular weight excluding hydrogens is 442 g/mol. The molecule has 33 heavy (non-hydrogen) atoms. The van der Waals surface area contributed by atoms with Crippen molar-refractivity contribution in [3.63, 3.8) is 0 Å². The maximum Gasteiger partial charge on any atom is 0.246 e. The normalized spacial score (nSPS) is 17.8. The molecule has 4 rings (SSSR count). The Kier molecular flexibility index (Phi) is 7.46. The molecule has 178 valence electrons. The molecule has 2 aromatic rings. The Hall–Kier alpha value is -2.69. The first-order chi connectivity index (χ1) is 16.0. The number of rotatable bonds is 8. The van der Waals surface area contributed by atoms with Gasteiger partial charge in [-0.1, -0.05) is 6.07 Å². The molecule has 2 saturated heterocycles. The zero-order chi connectivity index (χ0) is 23.3. The van der Waals surface area contributed by atoms with E-state index >= 15 is 0 Å². The molecule has 0 bridgehead atoms. The maximum absolute atomic E-state index is 13.1. The summed E-state index contributed by atoms with van der Waals surface area (Å²) in [6, 6.07) is 10.7. The number of hydrogen-bond donors (Lipinski definition) is 1. The van der Waals surface area contributed by atoms with Crippen LogP contribution in [0.2, 0.25) is 0 Å². The van der Waals surface area contributed by atoms with Crippen LogP contribution in [0.4, 0.5) is 11.5 Å². The molecular formula is C23H31N5O4S. The number of anilines is 2. The molecule has 2 fully saturated rings. The van der Waals surface area contributed by atoms with Gasteiger partial charge in [0, 0.05) is 51.2 Å². The number of carbonyl (C=O) groups is 1. The van der Waals surface area contributed by atoms with Crippen molar-refractivity contribution in [2.45, 2.75) is 24.7 Å². The summed E-state index contributed by atoms with van der Waals surface area (Å²) < 4.78 is 33.4. The monoisotopic (exact) mass is 473 g/mol. The van der Waals surface area contributed by atoms with Crippen LogP contribution in [0.15, 0.2) is 47.5 Å². The fraction of sp³-hybridized carbons (Fsp3) is 0.478. The number of piperazine rings is 1. The molecule has 1 aromatic heterocycles. The molecule has 0 aliphatic carbocycles. The summed E-state index contributed by atoms with van der Waals surface area (Å²) in [6.45, 7) is 6.54. The highest BCUT2D eigenvalue weighted by atomic mass is 32.2. The zero-order valence-electron chi connectivity index (χ0n) is 18.9. The lowest BCUT2D eigenvalue weighted by atomic mass is 10.2. The Morgan fingerprint density at radius 2 is 1.82 bits per heavy atom. The minimum absolute atomic E-state index is 0.105. The average Bonchev–Trinajstić information content (AvgIpc) is 3.37. The van der Waals surface area contributed by atoms with Gasteiger partial charge in [-0.25, -0.2) is 13.4 Å². The molecule has 0 spiro atoms. The van der Waals surface area contributed by atoms with Gasteiger partial charge in [-0.05, 0) is 50.1 Å². The van der Waals surface area contributed by atoms with E-state index in [1.807, 2.05) is 25.1 Å². The maximum atomic E-state index is 13.1. The van der Waals surface area contributed by atoms with Crippen molar-refractivity contribution < 1.29 is 17.9 Å². The van der Waals surface area contributed by atoms with Gasteiger partial charge >= 0.3 is 0 Å². The number of pyridine rings is 1. The van der Waals surface area contributed by atoms with Crippen LogP contribution in [0, 0.1) is 0 Å². The van der Waals surface area contributed by atoms with Gasteiger partial charge in [0.2, 0.25) is 15.9 Å². The van der Waals surface area contributed by atoms with Crippen molar-refractivity contribution in [3.8, 4) is 5.75 Å². The van der Waals surface area contributed by atoms with Crippen molar-refractivity contribution in [2.75, 3.05) is 62.6 Å². The number of benzene rings is 1. The summed E-state index contributed by atoms with van der Waals surface area (Å²) in [5, 5.41) is 2.86.